The minimum Gasteiger partial charge on any atom is -0.315 e. The Morgan fingerprint density at radius 3 is 2.52 bits per heavy atom. The number of sulfonamides is 1. The number of hydrogen-bond donors (Lipinski definition) is 1. The molecule has 1 heterocycles. The summed E-state index contributed by atoms with van der Waals surface area (Å²) in [6.45, 7) is 2.39. The third-order valence-corrected chi connectivity index (χ3v) is 8.05. The van der Waals surface area contributed by atoms with E-state index in [1.807, 2.05) is 38.2 Å². The Morgan fingerprint density at radius 2 is 1.81 bits per heavy atom. The number of aromatic nitrogens is 2. The molecule has 2 aromatic carbocycles. The van der Waals surface area contributed by atoms with Gasteiger partial charge in [0.05, 0.1) is 11.7 Å². The summed E-state index contributed by atoms with van der Waals surface area (Å²) in [5.41, 5.74) is 3.06. The lowest BCUT2D eigenvalue weighted by Crippen LogP contribution is -2.37. The van der Waals surface area contributed by atoms with Gasteiger partial charge in [0.1, 0.15) is 15.9 Å². The molecule has 9 heteroatoms. The largest absolute Gasteiger partial charge is 0.315 e. The average molecular weight is 459 g/mol. The second-order valence-electron chi connectivity index (χ2n) is 8.19. The monoisotopic (exact) mass is 458 g/mol. The smallest absolute Gasteiger partial charge is 0.242 e. The normalized spacial score (nSPS) is 19.4. The van der Waals surface area contributed by atoms with Crippen LogP contribution in [0.3, 0.4) is 0 Å². The van der Waals surface area contributed by atoms with Gasteiger partial charge in [0.25, 0.3) is 0 Å². The molecule has 0 aliphatic heterocycles. The van der Waals surface area contributed by atoms with Crippen molar-refractivity contribution >= 4 is 44.4 Å². The van der Waals surface area contributed by atoms with E-state index in [-0.39, 0.29) is 22.6 Å². The topological polar surface area (TPSA) is 92.3 Å². The Hall–Kier alpha value is -2.36. The fraction of sp³-hybridized carbons (Fsp3) is 0.409. The van der Waals surface area contributed by atoms with Crippen molar-refractivity contribution in [2.24, 2.45) is 11.8 Å². The zero-order valence-electron chi connectivity index (χ0n) is 17.6. The number of carbonyl (C=O) groups is 1. The molecule has 1 amide bonds. The minimum atomic E-state index is -3.66. The van der Waals surface area contributed by atoms with Gasteiger partial charge in [-0.1, -0.05) is 23.8 Å². The van der Waals surface area contributed by atoms with Gasteiger partial charge >= 0.3 is 0 Å². The predicted molar refractivity (Wildman–Crippen MR) is 123 cm³/mol. The molecule has 4 rings (SSSR count). The zero-order chi connectivity index (χ0) is 22.0. The molecule has 0 spiro atoms. The fourth-order valence-corrected chi connectivity index (χ4v) is 5.97. The molecule has 0 bridgehead atoms. The summed E-state index contributed by atoms with van der Waals surface area (Å²) in [5, 5.41) is 0. The Balaban J connectivity index is 1.32. The van der Waals surface area contributed by atoms with Crippen molar-refractivity contribution in [3.8, 4) is 0 Å². The molecule has 31 heavy (non-hydrogen) atoms. The summed E-state index contributed by atoms with van der Waals surface area (Å²) in [5.74, 6) is 0.329. The summed E-state index contributed by atoms with van der Waals surface area (Å²) in [7, 11) is -1.84. The molecule has 7 nitrogen and oxygen atoms in total. The maximum atomic E-state index is 12.9. The number of fused-ring (bicyclic) bond motifs is 1. The van der Waals surface area contributed by atoms with Crippen LogP contribution in [0.1, 0.15) is 31.2 Å². The van der Waals surface area contributed by atoms with Gasteiger partial charge in [-0.3, -0.25) is 4.79 Å². The van der Waals surface area contributed by atoms with E-state index in [2.05, 4.69) is 13.5 Å². The summed E-state index contributed by atoms with van der Waals surface area (Å²) < 4.78 is 36.6. The second-order valence-corrected chi connectivity index (χ2v) is 10.5. The standard InChI is InChI=1S/C22H26N4O3S2/c1-15-6-12-18(13-7-15)26(2)22(27)17-10-8-16(9-11-17)14-23-31(28,29)20-5-3-4-19-21(20)25-30-24-19/h3-7,12-13,16-17,23H,8-11,14H2,1-2H3. The van der Waals surface area contributed by atoms with Gasteiger partial charge in [-0.25, -0.2) is 13.1 Å². The summed E-state index contributed by atoms with van der Waals surface area (Å²) in [6.07, 6.45) is 3.19. The molecule has 3 aromatic rings. The number of nitrogens with zero attached hydrogens (tertiary/aromatic N) is 3. The average Bonchev–Trinajstić information content (AvgIpc) is 3.26. The molecule has 0 saturated heterocycles. The highest BCUT2D eigenvalue weighted by atomic mass is 32.2. The first-order valence-corrected chi connectivity index (χ1v) is 12.6. The molecule has 1 saturated carbocycles. The molecule has 1 N–H and O–H groups in total. The van der Waals surface area contributed by atoms with Gasteiger partial charge in [0.15, 0.2) is 0 Å². The van der Waals surface area contributed by atoms with Crippen LogP contribution in [-0.2, 0) is 14.8 Å². The van der Waals surface area contributed by atoms with E-state index in [1.54, 1.807) is 23.1 Å². The molecule has 0 unspecified atom stereocenters. The maximum Gasteiger partial charge on any atom is 0.242 e. The van der Waals surface area contributed by atoms with Crippen LogP contribution < -0.4 is 9.62 Å². The lowest BCUT2D eigenvalue weighted by molar-refractivity contribution is -0.123. The van der Waals surface area contributed by atoms with Crippen LogP contribution in [0.25, 0.3) is 11.0 Å². The first-order valence-electron chi connectivity index (χ1n) is 10.4. The fourth-order valence-electron chi connectivity index (χ4n) is 4.09. The van der Waals surface area contributed by atoms with Crippen LogP contribution in [-0.4, -0.2) is 36.7 Å². The molecule has 1 aromatic heterocycles. The first kappa shape index (κ1) is 21.9. The number of anilines is 1. The number of benzene rings is 2. The van der Waals surface area contributed by atoms with Crippen LogP contribution in [0.4, 0.5) is 5.69 Å². The Bertz CT molecular complexity index is 1170. The van der Waals surface area contributed by atoms with Crippen molar-refractivity contribution in [3.63, 3.8) is 0 Å². The van der Waals surface area contributed by atoms with Crippen molar-refractivity contribution in [2.75, 3.05) is 18.5 Å². The number of nitrogens with one attached hydrogen (secondary N) is 1. The summed E-state index contributed by atoms with van der Waals surface area (Å²) in [6, 6.07) is 12.9. The van der Waals surface area contributed by atoms with Crippen molar-refractivity contribution in [1.82, 2.24) is 13.5 Å². The predicted octanol–water partition coefficient (Wildman–Crippen LogP) is 3.75. The van der Waals surface area contributed by atoms with Gasteiger partial charge in [0, 0.05) is 25.2 Å². The Morgan fingerprint density at radius 1 is 1.10 bits per heavy atom. The van der Waals surface area contributed by atoms with E-state index in [9.17, 15) is 13.2 Å². The quantitative estimate of drug-likeness (QED) is 0.607. The summed E-state index contributed by atoms with van der Waals surface area (Å²) >= 11 is 1.01. The van der Waals surface area contributed by atoms with E-state index in [1.165, 1.54) is 0 Å². The highest BCUT2D eigenvalue weighted by molar-refractivity contribution is 7.89. The first-order chi connectivity index (χ1) is 14.8. The maximum absolute atomic E-state index is 12.9. The van der Waals surface area contributed by atoms with E-state index >= 15 is 0 Å². The SMILES string of the molecule is Cc1ccc(N(C)C(=O)C2CCC(CNS(=O)(=O)c3cccc4nsnc34)CC2)cc1. The summed E-state index contributed by atoms with van der Waals surface area (Å²) in [4.78, 5) is 14.8. The van der Waals surface area contributed by atoms with E-state index in [0.29, 0.717) is 17.6 Å². The van der Waals surface area contributed by atoms with Crippen molar-refractivity contribution in [3.05, 3.63) is 48.0 Å². The number of amides is 1. The van der Waals surface area contributed by atoms with Crippen LogP contribution in [0.2, 0.25) is 0 Å². The van der Waals surface area contributed by atoms with E-state index in [4.69, 9.17) is 0 Å². The molecule has 0 radical (unpaired) electrons. The third-order valence-electron chi connectivity index (χ3n) is 6.05. The molecule has 0 atom stereocenters. The van der Waals surface area contributed by atoms with Gasteiger partial charge < -0.3 is 4.90 Å². The molecule has 164 valence electrons. The van der Waals surface area contributed by atoms with E-state index < -0.39 is 10.0 Å². The second kappa shape index (κ2) is 9.02. The van der Waals surface area contributed by atoms with Crippen molar-refractivity contribution in [2.45, 2.75) is 37.5 Å². The Kier molecular flexibility index (Phi) is 6.36. The number of hydrogen-bond acceptors (Lipinski definition) is 6. The van der Waals surface area contributed by atoms with Gasteiger partial charge in [-0.15, -0.1) is 0 Å². The lowest BCUT2D eigenvalue weighted by atomic mass is 9.81. The highest BCUT2D eigenvalue weighted by Gasteiger charge is 2.30. The number of carbonyl (C=O) groups excluding carboxylic acids is 1. The van der Waals surface area contributed by atoms with Crippen LogP contribution >= 0.6 is 11.7 Å². The van der Waals surface area contributed by atoms with E-state index in [0.717, 1.165) is 48.7 Å². The number of aryl methyl sites for hydroxylation is 1. The molecule has 1 aliphatic rings. The molecule has 1 fully saturated rings. The van der Waals surface area contributed by atoms with Crippen LogP contribution in [0.15, 0.2) is 47.4 Å². The third kappa shape index (κ3) is 4.78. The van der Waals surface area contributed by atoms with Crippen molar-refractivity contribution < 1.29 is 13.2 Å². The van der Waals surface area contributed by atoms with Crippen LogP contribution in [0, 0.1) is 18.8 Å². The Labute approximate surface area is 186 Å². The lowest BCUT2D eigenvalue weighted by Gasteiger charge is -2.30. The van der Waals surface area contributed by atoms with Gasteiger partial charge in [-0.2, -0.15) is 8.75 Å². The van der Waals surface area contributed by atoms with Gasteiger partial charge in [-0.05, 0) is 62.8 Å². The highest BCUT2D eigenvalue weighted by Crippen LogP contribution is 2.31. The molecular weight excluding hydrogens is 432 g/mol. The minimum absolute atomic E-state index is 0.0195. The number of rotatable bonds is 6. The molecule has 1 aliphatic carbocycles. The molecular formula is C22H26N4O3S2. The zero-order valence-corrected chi connectivity index (χ0v) is 19.2. The van der Waals surface area contributed by atoms with Crippen molar-refractivity contribution in [1.29, 1.82) is 0 Å². The van der Waals surface area contributed by atoms with Crippen LogP contribution in [0.5, 0.6) is 0 Å². The van der Waals surface area contributed by atoms with Gasteiger partial charge in [0.2, 0.25) is 15.9 Å².